The number of ether oxygens (including phenoxy) is 8. The highest BCUT2D eigenvalue weighted by Gasteiger charge is 2.24. The molecule has 16 rings (SSSR count). The number of benzene rings is 4. The smallest absolute Gasteiger partial charge is 0.258 e. The molecule has 0 amide bonds. The van der Waals surface area contributed by atoms with E-state index in [0.717, 1.165) is 141 Å². The molecule has 8 aromatic heterocycles. The van der Waals surface area contributed by atoms with Crippen molar-refractivity contribution in [2.75, 3.05) is 118 Å². The van der Waals surface area contributed by atoms with Crippen LogP contribution in [0.15, 0.2) is 214 Å². The summed E-state index contributed by atoms with van der Waals surface area (Å²) in [4.78, 5) is 79.9. The van der Waals surface area contributed by atoms with Crippen molar-refractivity contribution in [1.82, 2.24) is 57.1 Å². The van der Waals surface area contributed by atoms with Crippen molar-refractivity contribution in [3.63, 3.8) is 0 Å². The van der Waals surface area contributed by atoms with E-state index in [1.165, 1.54) is 28.7 Å². The molecule has 3 aliphatic carbocycles. The minimum absolute atomic E-state index is 0.0985. The van der Waals surface area contributed by atoms with E-state index in [1.807, 2.05) is 128 Å². The first kappa shape index (κ1) is 87.3. The Balaban J connectivity index is 0.000000140. The highest BCUT2D eigenvalue weighted by Crippen LogP contribution is 2.38. The normalized spacial score (nSPS) is 16.0. The molecule has 9 heterocycles. The van der Waals surface area contributed by atoms with Crippen molar-refractivity contribution in [2.45, 2.75) is 110 Å². The summed E-state index contributed by atoms with van der Waals surface area (Å²) in [6, 6.07) is 46.1. The van der Waals surface area contributed by atoms with Crippen molar-refractivity contribution < 1.29 is 37.9 Å². The zero-order valence-corrected chi connectivity index (χ0v) is 72.8. The van der Waals surface area contributed by atoms with Gasteiger partial charge in [-0.25, -0.2) is 19.9 Å². The lowest BCUT2D eigenvalue weighted by Gasteiger charge is -2.30. The Hall–Kier alpha value is -12.5. The first-order valence-electron chi connectivity index (χ1n) is 41.8. The van der Waals surface area contributed by atoms with Gasteiger partial charge in [-0.3, -0.25) is 41.7 Å². The molecular weight excluding hydrogens is 1540 g/mol. The molecule has 0 N–H and O–H groups in total. The minimum Gasteiger partial charge on any atom is -0.493 e. The summed E-state index contributed by atoms with van der Waals surface area (Å²) in [5.74, 6) is 4.98. The van der Waals surface area contributed by atoms with Crippen LogP contribution >= 0.6 is 0 Å². The molecule has 0 saturated heterocycles. The Bertz CT molecular complexity index is 6160. The lowest BCUT2D eigenvalue weighted by molar-refractivity contribution is 0.229. The molecule has 24 heteroatoms. The van der Waals surface area contributed by atoms with Crippen LogP contribution in [0.4, 0.5) is 0 Å². The van der Waals surface area contributed by atoms with Crippen LogP contribution in [0.2, 0.25) is 0 Å². The van der Waals surface area contributed by atoms with E-state index >= 15 is 0 Å². The monoisotopic (exact) mass is 1650 g/mol. The van der Waals surface area contributed by atoms with Crippen molar-refractivity contribution in [3.05, 3.63) is 258 Å². The van der Waals surface area contributed by atoms with E-state index in [2.05, 4.69) is 116 Å². The number of fused-ring (bicyclic) bond motifs is 4. The Labute approximate surface area is 712 Å². The average molecular weight is 1650 g/mol. The van der Waals surface area contributed by atoms with E-state index in [9.17, 15) is 19.2 Å². The molecule has 0 radical (unpaired) electrons. The third-order valence-corrected chi connectivity index (χ3v) is 23.8. The number of nitrogens with zero attached hydrogens (tertiary/aromatic N) is 12. The lowest BCUT2D eigenvalue weighted by Crippen LogP contribution is -2.33. The zero-order valence-electron chi connectivity index (χ0n) is 72.8. The van der Waals surface area contributed by atoms with Gasteiger partial charge in [-0.15, -0.1) is 0 Å². The van der Waals surface area contributed by atoms with Gasteiger partial charge in [0.2, 0.25) is 0 Å². The standard InChI is InChI=1S/C26H31N3O3.C25H29N3O3.C24H27N3O3.C23H25N3O3/c1-5-14-28(2)21-10-6-18(7-11-21)20-9-13-25-27-22(16-26(30)29(25)17-20)19-8-12-23(31-3)24(15-19)32-4;1-5-27(2)20-10-6-17(7-11-20)19-9-13-24-26-21(15-25(29)28(24)16-19)18-8-12-22(30-3)23(14-18)31-4;1-26(2)19-9-5-16(6-10-19)18-8-12-23-25-20(14-24(28)27(23)15-18)17-7-11-21(29-3)22(13-17)30-4;1-4-25-11-9-16(10-12-25)18-6-8-22-24-19(14-23(27)26(22)15-18)17-5-7-20(28-2)21(13-17)29-3/h6,8-9,12-13,15-17,21H,5,7,10-11,14H2,1-4H3;6,8-9,12-16,20H,5,7,10-11H2,1-4H3;5,7-8,11-15,19H,6,9-10H2,1-4H3;5-9,13-15H,4,10-12H2,1-3H3. The summed E-state index contributed by atoms with van der Waals surface area (Å²) in [6.45, 7) is 11.8. The lowest BCUT2D eigenvalue weighted by atomic mass is 9.90. The molecular formula is C98H112N12O12. The molecule has 0 fully saturated rings. The van der Waals surface area contributed by atoms with E-state index in [4.69, 9.17) is 52.8 Å². The highest BCUT2D eigenvalue weighted by molar-refractivity contribution is 5.74. The molecule has 4 aliphatic rings. The number of hydrogen-bond acceptors (Lipinski definition) is 20. The molecule has 0 saturated carbocycles. The van der Waals surface area contributed by atoms with Gasteiger partial charge in [-0.05, 0) is 284 Å². The highest BCUT2D eigenvalue weighted by atomic mass is 16.5. The number of aromatic nitrogens is 8. The summed E-state index contributed by atoms with van der Waals surface area (Å²) in [7, 11) is 21.4. The summed E-state index contributed by atoms with van der Waals surface area (Å²) in [5, 5.41) is 0. The molecule has 0 bridgehead atoms. The Kier molecular flexibility index (Phi) is 28.8. The average Bonchev–Trinajstić information content (AvgIpc) is 0.794. The van der Waals surface area contributed by atoms with Crippen LogP contribution in [0.1, 0.15) is 114 Å². The van der Waals surface area contributed by atoms with Gasteiger partial charge in [0, 0.05) is 103 Å². The van der Waals surface area contributed by atoms with Gasteiger partial charge in [-0.1, -0.05) is 45.1 Å². The number of pyridine rings is 4. The fraction of sp³-hybridized carbons (Fsp3) is 0.347. The number of likely N-dealkylation sites (N-methyl/N-ethyl adjacent to an activating group) is 1. The first-order chi connectivity index (χ1) is 59.2. The topological polar surface area (TPSA) is 224 Å². The van der Waals surface area contributed by atoms with Crippen molar-refractivity contribution in [3.8, 4) is 91.0 Å². The van der Waals surface area contributed by atoms with Crippen LogP contribution in [0.25, 0.3) is 89.9 Å². The van der Waals surface area contributed by atoms with Gasteiger partial charge in [0.05, 0.1) is 79.7 Å². The molecule has 4 aromatic carbocycles. The van der Waals surface area contributed by atoms with Crippen LogP contribution in [-0.2, 0) is 0 Å². The second kappa shape index (κ2) is 40.3. The first-order valence-corrected chi connectivity index (χ1v) is 41.8. The van der Waals surface area contributed by atoms with Crippen LogP contribution in [0.5, 0.6) is 46.0 Å². The van der Waals surface area contributed by atoms with Gasteiger partial charge >= 0.3 is 0 Å². The predicted octanol–water partition coefficient (Wildman–Crippen LogP) is 16.3. The predicted molar refractivity (Wildman–Crippen MR) is 486 cm³/mol. The summed E-state index contributed by atoms with van der Waals surface area (Å²) >= 11 is 0. The number of methoxy groups -OCH3 is 8. The summed E-state index contributed by atoms with van der Waals surface area (Å²) in [5.41, 5.74) is 17.3. The molecule has 122 heavy (non-hydrogen) atoms. The van der Waals surface area contributed by atoms with Crippen LogP contribution < -0.4 is 60.1 Å². The fourth-order valence-electron chi connectivity index (χ4n) is 16.3. The number of hydrogen-bond donors (Lipinski definition) is 0. The largest absolute Gasteiger partial charge is 0.493 e. The molecule has 3 atom stereocenters. The second-order valence-corrected chi connectivity index (χ2v) is 31.1. The van der Waals surface area contributed by atoms with Crippen LogP contribution in [-0.4, -0.2) is 193 Å². The van der Waals surface area contributed by atoms with Crippen molar-refractivity contribution in [2.24, 2.45) is 0 Å². The molecule has 1 aliphatic heterocycles. The van der Waals surface area contributed by atoms with Crippen molar-refractivity contribution in [1.29, 1.82) is 0 Å². The molecule has 12 aromatic rings. The molecule has 636 valence electrons. The maximum Gasteiger partial charge on any atom is 0.258 e. The SMILES string of the molecule is CCCN(C)C1CC=C(c2ccc3nc(-c4ccc(OC)c(OC)c4)cc(=O)n3c2)CC1.CCN(C)C1CC=C(c2ccc3nc(-c4ccc(OC)c(OC)c4)cc(=O)n3c2)CC1.CCN1CC=C(c2ccc3nc(-c4ccc(OC)c(OC)c4)cc(=O)n3c2)CC1.COc1ccc(-c2cc(=O)n3cc(C4=CCC(N(C)C)CC4)ccc3n2)cc1OC. The van der Waals surface area contributed by atoms with Gasteiger partial charge in [0.25, 0.3) is 22.2 Å². The Morgan fingerprint density at radius 3 is 0.869 bits per heavy atom. The maximum absolute atomic E-state index is 12.9. The summed E-state index contributed by atoms with van der Waals surface area (Å²) in [6.07, 6.45) is 28.6. The molecule has 0 spiro atoms. The maximum atomic E-state index is 12.9. The van der Waals surface area contributed by atoms with Crippen LogP contribution in [0, 0.1) is 0 Å². The van der Waals surface area contributed by atoms with E-state index < -0.39 is 0 Å². The van der Waals surface area contributed by atoms with Crippen LogP contribution in [0.3, 0.4) is 0 Å². The van der Waals surface area contributed by atoms with E-state index in [-0.39, 0.29) is 22.2 Å². The summed E-state index contributed by atoms with van der Waals surface area (Å²) < 4.78 is 49.2. The zero-order chi connectivity index (χ0) is 86.3. The second-order valence-electron chi connectivity index (χ2n) is 31.1. The number of allylic oxidation sites excluding steroid dienone is 3. The fourth-order valence-corrected chi connectivity index (χ4v) is 16.3. The molecule has 3 unspecified atom stereocenters. The Morgan fingerprint density at radius 2 is 0.623 bits per heavy atom. The van der Waals surface area contributed by atoms with Gasteiger partial charge < -0.3 is 52.6 Å². The quantitative estimate of drug-likeness (QED) is 0.0580. The van der Waals surface area contributed by atoms with Gasteiger partial charge in [-0.2, -0.15) is 0 Å². The van der Waals surface area contributed by atoms with Gasteiger partial charge in [0.15, 0.2) is 46.0 Å². The van der Waals surface area contributed by atoms with E-state index in [0.29, 0.717) is 109 Å². The third-order valence-electron chi connectivity index (χ3n) is 23.8. The van der Waals surface area contributed by atoms with E-state index in [1.54, 1.807) is 98.7 Å². The third kappa shape index (κ3) is 20.1. The van der Waals surface area contributed by atoms with Gasteiger partial charge in [0.1, 0.15) is 22.6 Å². The van der Waals surface area contributed by atoms with Crippen molar-refractivity contribution >= 4 is 44.9 Å². The minimum atomic E-state index is -0.103. The Morgan fingerprint density at radius 1 is 0.336 bits per heavy atom. The molecule has 24 nitrogen and oxygen atoms in total. The number of rotatable bonds is 23.